The second-order valence-corrected chi connectivity index (χ2v) is 8.02. The minimum Gasteiger partial charge on any atom is -0.475 e. The summed E-state index contributed by atoms with van der Waals surface area (Å²) >= 11 is 12.0. The van der Waals surface area contributed by atoms with Crippen molar-refractivity contribution in [1.29, 1.82) is 0 Å². The van der Waals surface area contributed by atoms with Gasteiger partial charge >= 0.3 is 18.2 Å². The number of carbonyl (C=O) groups is 3. The first kappa shape index (κ1) is 21.6. The Morgan fingerprint density at radius 2 is 1.81 bits per heavy atom. The Balaban J connectivity index is 1.21. The van der Waals surface area contributed by atoms with Crippen LogP contribution in [-0.4, -0.2) is 64.9 Å². The van der Waals surface area contributed by atoms with Crippen LogP contribution in [0.25, 0.3) is 5.69 Å². The average molecular weight is 468 g/mol. The highest BCUT2D eigenvalue weighted by Crippen LogP contribution is 2.25. The van der Waals surface area contributed by atoms with E-state index >= 15 is 0 Å². The first-order valence-electron chi connectivity index (χ1n) is 9.72. The molecule has 11 heteroatoms. The molecule has 2 saturated heterocycles. The fourth-order valence-corrected chi connectivity index (χ4v) is 3.79. The van der Waals surface area contributed by atoms with E-state index in [9.17, 15) is 14.4 Å². The van der Waals surface area contributed by atoms with Gasteiger partial charge < -0.3 is 14.2 Å². The summed E-state index contributed by atoms with van der Waals surface area (Å²) in [4.78, 5) is 36.7. The second kappa shape index (κ2) is 9.25. The third-order valence-corrected chi connectivity index (χ3v) is 5.95. The van der Waals surface area contributed by atoms with Gasteiger partial charge in [-0.25, -0.2) is 14.3 Å². The molecule has 1 aromatic carbocycles. The van der Waals surface area contributed by atoms with E-state index in [0.29, 0.717) is 55.0 Å². The molecule has 31 heavy (non-hydrogen) atoms. The summed E-state index contributed by atoms with van der Waals surface area (Å²) < 4.78 is 16.7. The molecule has 9 nitrogen and oxygen atoms in total. The molecule has 0 N–H and O–H groups in total. The van der Waals surface area contributed by atoms with Crippen LogP contribution in [0.4, 0.5) is 0 Å². The van der Waals surface area contributed by atoms with Crippen LogP contribution in [0.15, 0.2) is 30.5 Å². The zero-order valence-electron chi connectivity index (χ0n) is 16.3. The van der Waals surface area contributed by atoms with Crippen molar-refractivity contribution in [2.24, 2.45) is 5.92 Å². The van der Waals surface area contributed by atoms with E-state index in [-0.39, 0.29) is 11.7 Å². The first-order valence-corrected chi connectivity index (χ1v) is 10.5. The monoisotopic (exact) mass is 467 g/mol. The molecule has 0 aliphatic carbocycles. The molecule has 0 unspecified atom stereocenters. The number of likely N-dealkylation sites (tertiary alicyclic amines) is 1. The summed E-state index contributed by atoms with van der Waals surface area (Å²) in [5, 5.41) is 5.30. The van der Waals surface area contributed by atoms with Crippen molar-refractivity contribution in [1.82, 2.24) is 14.7 Å². The van der Waals surface area contributed by atoms with E-state index in [2.05, 4.69) is 19.5 Å². The van der Waals surface area contributed by atoms with Crippen LogP contribution >= 0.6 is 23.2 Å². The van der Waals surface area contributed by atoms with Gasteiger partial charge in [-0.3, -0.25) is 9.69 Å². The number of nitrogens with zero attached hydrogens (tertiary/aromatic N) is 3. The Morgan fingerprint density at radius 1 is 1.10 bits per heavy atom. The van der Waals surface area contributed by atoms with Crippen LogP contribution in [0, 0.1) is 5.92 Å². The maximum atomic E-state index is 12.3. The minimum atomic E-state index is -1.40. The fourth-order valence-electron chi connectivity index (χ4n) is 3.50. The second-order valence-electron chi connectivity index (χ2n) is 7.21. The number of ketones is 1. The number of aromatic nitrogens is 2. The molecule has 2 aliphatic rings. The molecule has 0 atom stereocenters. The van der Waals surface area contributed by atoms with Crippen molar-refractivity contribution < 1.29 is 28.6 Å². The molecular weight excluding hydrogens is 449 g/mol. The minimum absolute atomic E-state index is 0.303. The van der Waals surface area contributed by atoms with Crippen LogP contribution in [0.3, 0.4) is 0 Å². The standard InChI is InChI=1S/C20H19Cl2N3O6/c21-14-2-1-13(11-15(14)22)25-8-5-16(23-25)29-10-9-24-6-3-12(4-7-24)17(26)20-30-18(27)19(28)31-20/h1-2,5,8,11-12,20H,3-4,6-7,9-10H2. The van der Waals surface area contributed by atoms with Crippen molar-refractivity contribution in [3.63, 3.8) is 0 Å². The van der Waals surface area contributed by atoms with Gasteiger partial charge in [0.1, 0.15) is 6.61 Å². The Labute approximate surface area is 187 Å². The highest BCUT2D eigenvalue weighted by Gasteiger charge is 2.42. The highest BCUT2D eigenvalue weighted by atomic mass is 35.5. The highest BCUT2D eigenvalue weighted by molar-refractivity contribution is 6.42. The van der Waals surface area contributed by atoms with Gasteiger partial charge in [0.2, 0.25) is 11.7 Å². The molecule has 0 spiro atoms. The van der Waals surface area contributed by atoms with E-state index in [4.69, 9.17) is 27.9 Å². The van der Waals surface area contributed by atoms with Gasteiger partial charge in [0.05, 0.1) is 15.7 Å². The van der Waals surface area contributed by atoms with Crippen molar-refractivity contribution in [3.05, 3.63) is 40.5 Å². The number of cyclic esters (lactones) is 2. The van der Waals surface area contributed by atoms with Gasteiger partial charge in [-0.1, -0.05) is 23.2 Å². The molecule has 0 saturated carbocycles. The quantitative estimate of drug-likeness (QED) is 0.451. The number of benzene rings is 1. The van der Waals surface area contributed by atoms with Gasteiger partial charge in [-0.2, -0.15) is 0 Å². The number of esters is 2. The van der Waals surface area contributed by atoms with Gasteiger partial charge in [-0.05, 0) is 44.1 Å². The number of rotatable bonds is 7. The SMILES string of the molecule is O=C1OC(C(=O)C2CCN(CCOc3ccn(-c4ccc(Cl)c(Cl)c4)n3)CC2)OC1=O. The molecule has 0 radical (unpaired) electrons. The Bertz CT molecular complexity index is 987. The van der Waals surface area contributed by atoms with Crippen LogP contribution in [-0.2, 0) is 23.9 Å². The molecule has 1 aromatic heterocycles. The van der Waals surface area contributed by atoms with Crippen LogP contribution < -0.4 is 4.74 Å². The topological polar surface area (TPSA) is 100.0 Å². The van der Waals surface area contributed by atoms with Crippen LogP contribution in [0.5, 0.6) is 5.88 Å². The molecule has 0 amide bonds. The van der Waals surface area contributed by atoms with Gasteiger partial charge in [0, 0.05) is 24.7 Å². The number of Topliss-reactive ketones (excluding diaryl/α,β-unsaturated/α-hetero) is 1. The van der Waals surface area contributed by atoms with Crippen molar-refractivity contribution in [2.75, 3.05) is 26.2 Å². The Hall–Kier alpha value is -2.62. The van der Waals surface area contributed by atoms with E-state index in [1.54, 1.807) is 29.1 Å². The summed E-state index contributed by atoms with van der Waals surface area (Å²) in [6, 6.07) is 7.00. The number of halogens is 2. The van der Waals surface area contributed by atoms with Crippen LogP contribution in [0.1, 0.15) is 12.8 Å². The zero-order chi connectivity index (χ0) is 22.0. The molecule has 2 fully saturated rings. The average Bonchev–Trinajstić information content (AvgIpc) is 3.37. The summed E-state index contributed by atoms with van der Waals surface area (Å²) in [6.07, 6.45) is 1.56. The fraction of sp³-hybridized carbons (Fsp3) is 0.400. The summed E-state index contributed by atoms with van der Waals surface area (Å²) in [7, 11) is 0. The number of carbonyl (C=O) groups excluding carboxylic acids is 3. The number of hydrogen-bond acceptors (Lipinski definition) is 8. The van der Waals surface area contributed by atoms with Gasteiger partial charge in [0.25, 0.3) is 0 Å². The third kappa shape index (κ3) is 5.00. The maximum Gasteiger partial charge on any atom is 0.421 e. The molecule has 164 valence electrons. The predicted molar refractivity (Wildman–Crippen MR) is 109 cm³/mol. The largest absolute Gasteiger partial charge is 0.475 e. The van der Waals surface area contributed by atoms with E-state index in [1.807, 2.05) is 6.07 Å². The summed E-state index contributed by atoms with van der Waals surface area (Å²) in [6.45, 7) is 2.49. The van der Waals surface area contributed by atoms with Crippen LogP contribution in [0.2, 0.25) is 10.0 Å². The lowest BCUT2D eigenvalue weighted by Gasteiger charge is -2.31. The molecular formula is C20H19Cl2N3O6. The predicted octanol–water partition coefficient (Wildman–Crippen LogP) is 2.27. The number of hydrogen-bond donors (Lipinski definition) is 0. The zero-order valence-corrected chi connectivity index (χ0v) is 17.8. The lowest BCUT2D eigenvalue weighted by Crippen LogP contribution is -2.41. The maximum absolute atomic E-state index is 12.3. The van der Waals surface area contributed by atoms with E-state index in [0.717, 1.165) is 5.69 Å². The number of ether oxygens (including phenoxy) is 3. The van der Waals surface area contributed by atoms with Crippen molar-refractivity contribution in [2.45, 2.75) is 19.1 Å². The lowest BCUT2D eigenvalue weighted by atomic mass is 9.92. The lowest BCUT2D eigenvalue weighted by molar-refractivity contribution is -0.160. The van der Waals surface area contributed by atoms with E-state index < -0.39 is 18.2 Å². The molecule has 2 aliphatic heterocycles. The van der Waals surface area contributed by atoms with Crippen molar-refractivity contribution in [3.8, 4) is 11.6 Å². The number of piperidine rings is 1. The Morgan fingerprint density at radius 3 is 2.48 bits per heavy atom. The molecule has 3 heterocycles. The third-order valence-electron chi connectivity index (χ3n) is 5.21. The summed E-state index contributed by atoms with van der Waals surface area (Å²) in [5.41, 5.74) is 0.773. The van der Waals surface area contributed by atoms with Crippen molar-refractivity contribution >= 4 is 40.9 Å². The van der Waals surface area contributed by atoms with Gasteiger partial charge in [-0.15, -0.1) is 5.10 Å². The first-order chi connectivity index (χ1) is 14.9. The van der Waals surface area contributed by atoms with Gasteiger partial charge in [0.15, 0.2) is 0 Å². The normalized spacial score (nSPS) is 18.1. The molecule has 2 aromatic rings. The smallest absolute Gasteiger partial charge is 0.421 e. The van der Waals surface area contributed by atoms with E-state index in [1.165, 1.54) is 0 Å². The molecule has 4 rings (SSSR count). The summed E-state index contributed by atoms with van der Waals surface area (Å²) in [5.74, 6) is -2.41. The molecule has 0 bridgehead atoms. The Kier molecular flexibility index (Phi) is 6.45.